The summed E-state index contributed by atoms with van der Waals surface area (Å²) in [4.78, 5) is 23.7. The SMILES string of the molecule is NCC(=O)NCC(=O)N1CCC(C(F)(F)F)CC1. The summed E-state index contributed by atoms with van der Waals surface area (Å²) in [6.07, 6.45) is -4.36. The Morgan fingerprint density at radius 2 is 1.83 bits per heavy atom. The van der Waals surface area contributed by atoms with Gasteiger partial charge < -0.3 is 16.0 Å². The average molecular weight is 267 g/mol. The molecule has 0 spiro atoms. The first-order chi connectivity index (χ1) is 8.34. The molecule has 3 N–H and O–H groups in total. The second-order valence-electron chi connectivity index (χ2n) is 4.18. The van der Waals surface area contributed by atoms with E-state index in [-0.39, 0.29) is 44.9 Å². The minimum atomic E-state index is -4.19. The van der Waals surface area contributed by atoms with Gasteiger partial charge in [-0.1, -0.05) is 0 Å². The summed E-state index contributed by atoms with van der Waals surface area (Å²) in [7, 11) is 0. The van der Waals surface area contributed by atoms with Gasteiger partial charge in [0.2, 0.25) is 11.8 Å². The number of alkyl halides is 3. The van der Waals surface area contributed by atoms with Crippen LogP contribution in [0.2, 0.25) is 0 Å². The zero-order valence-electron chi connectivity index (χ0n) is 9.79. The molecule has 0 radical (unpaired) electrons. The predicted octanol–water partition coefficient (Wildman–Crippen LogP) is -0.138. The van der Waals surface area contributed by atoms with E-state index < -0.39 is 18.0 Å². The normalized spacial score (nSPS) is 17.7. The second-order valence-corrected chi connectivity index (χ2v) is 4.18. The Morgan fingerprint density at radius 3 is 2.28 bits per heavy atom. The summed E-state index contributed by atoms with van der Waals surface area (Å²) < 4.78 is 37.2. The number of rotatable bonds is 3. The number of piperidine rings is 1. The highest BCUT2D eigenvalue weighted by atomic mass is 19.4. The summed E-state index contributed by atoms with van der Waals surface area (Å²) in [5.41, 5.74) is 5.04. The van der Waals surface area contributed by atoms with Crippen LogP contribution in [0.5, 0.6) is 0 Å². The Morgan fingerprint density at radius 1 is 1.28 bits per heavy atom. The van der Waals surface area contributed by atoms with Crippen molar-refractivity contribution in [2.45, 2.75) is 19.0 Å². The van der Waals surface area contributed by atoms with Crippen LogP contribution in [0.25, 0.3) is 0 Å². The van der Waals surface area contributed by atoms with Gasteiger partial charge in [0, 0.05) is 13.1 Å². The molecular formula is C10H16F3N3O2. The summed E-state index contributed by atoms with van der Waals surface area (Å²) in [5.74, 6) is -2.17. The number of carbonyl (C=O) groups excluding carboxylic acids is 2. The van der Waals surface area contributed by atoms with Crippen LogP contribution in [0.15, 0.2) is 0 Å². The summed E-state index contributed by atoms with van der Waals surface area (Å²) in [6, 6.07) is 0. The zero-order chi connectivity index (χ0) is 13.8. The topological polar surface area (TPSA) is 75.4 Å². The van der Waals surface area contributed by atoms with E-state index in [2.05, 4.69) is 5.32 Å². The molecule has 0 aromatic carbocycles. The van der Waals surface area contributed by atoms with Crippen molar-refractivity contribution in [3.63, 3.8) is 0 Å². The third kappa shape index (κ3) is 4.17. The van der Waals surface area contributed by atoms with E-state index in [1.165, 1.54) is 4.90 Å². The fourth-order valence-electron chi connectivity index (χ4n) is 1.81. The van der Waals surface area contributed by atoms with Gasteiger partial charge in [0.05, 0.1) is 19.0 Å². The lowest BCUT2D eigenvalue weighted by Crippen LogP contribution is -2.46. The number of halogens is 3. The van der Waals surface area contributed by atoms with Crippen LogP contribution in [-0.4, -0.2) is 49.1 Å². The van der Waals surface area contributed by atoms with Gasteiger partial charge >= 0.3 is 6.18 Å². The molecule has 2 amide bonds. The molecule has 1 heterocycles. The van der Waals surface area contributed by atoms with Crippen molar-refractivity contribution < 1.29 is 22.8 Å². The van der Waals surface area contributed by atoms with Crippen molar-refractivity contribution in [1.82, 2.24) is 10.2 Å². The van der Waals surface area contributed by atoms with Crippen LogP contribution >= 0.6 is 0 Å². The quantitative estimate of drug-likeness (QED) is 0.747. The van der Waals surface area contributed by atoms with E-state index >= 15 is 0 Å². The van der Waals surface area contributed by atoms with Crippen molar-refractivity contribution in [2.24, 2.45) is 11.7 Å². The number of likely N-dealkylation sites (tertiary alicyclic amines) is 1. The van der Waals surface area contributed by atoms with Gasteiger partial charge in [-0.25, -0.2) is 0 Å². The molecule has 104 valence electrons. The maximum absolute atomic E-state index is 12.4. The van der Waals surface area contributed by atoms with Crippen LogP contribution in [0, 0.1) is 5.92 Å². The molecule has 0 saturated carbocycles. The minimum Gasteiger partial charge on any atom is -0.346 e. The molecule has 18 heavy (non-hydrogen) atoms. The molecule has 8 heteroatoms. The van der Waals surface area contributed by atoms with Crippen molar-refractivity contribution in [3.8, 4) is 0 Å². The van der Waals surface area contributed by atoms with Gasteiger partial charge in [0.1, 0.15) is 0 Å². The molecule has 1 fully saturated rings. The molecule has 0 aromatic rings. The highest BCUT2D eigenvalue weighted by Gasteiger charge is 2.41. The third-order valence-corrected chi connectivity index (χ3v) is 2.93. The number of carbonyl (C=O) groups is 2. The molecule has 1 rings (SSSR count). The number of hydrogen-bond donors (Lipinski definition) is 2. The molecule has 0 atom stereocenters. The van der Waals surface area contributed by atoms with Gasteiger partial charge in [-0.3, -0.25) is 9.59 Å². The molecule has 5 nitrogen and oxygen atoms in total. The Kier molecular flexibility index (Phi) is 4.94. The maximum Gasteiger partial charge on any atom is 0.391 e. The summed E-state index contributed by atoms with van der Waals surface area (Å²) in [5, 5.41) is 2.29. The Balaban J connectivity index is 2.34. The summed E-state index contributed by atoms with van der Waals surface area (Å²) in [6.45, 7) is -0.293. The average Bonchev–Trinajstić information content (AvgIpc) is 2.34. The van der Waals surface area contributed by atoms with Gasteiger partial charge in [-0.2, -0.15) is 13.2 Å². The van der Waals surface area contributed by atoms with Crippen molar-refractivity contribution in [1.29, 1.82) is 0 Å². The number of nitrogens with one attached hydrogen (secondary N) is 1. The van der Waals surface area contributed by atoms with Crippen molar-refractivity contribution in [2.75, 3.05) is 26.2 Å². The molecule has 1 saturated heterocycles. The highest BCUT2D eigenvalue weighted by Crippen LogP contribution is 2.33. The Labute approximate surface area is 102 Å². The van der Waals surface area contributed by atoms with E-state index in [1.54, 1.807) is 0 Å². The first-order valence-corrected chi connectivity index (χ1v) is 5.66. The smallest absolute Gasteiger partial charge is 0.346 e. The molecule has 0 bridgehead atoms. The van der Waals surface area contributed by atoms with E-state index in [9.17, 15) is 22.8 Å². The molecule has 1 aliphatic heterocycles. The van der Waals surface area contributed by atoms with E-state index in [1.807, 2.05) is 0 Å². The molecule has 0 aliphatic carbocycles. The van der Waals surface area contributed by atoms with E-state index in [0.717, 1.165) is 0 Å². The van der Waals surface area contributed by atoms with Crippen LogP contribution < -0.4 is 11.1 Å². The zero-order valence-corrected chi connectivity index (χ0v) is 9.79. The lowest BCUT2D eigenvalue weighted by Gasteiger charge is -2.32. The largest absolute Gasteiger partial charge is 0.391 e. The van der Waals surface area contributed by atoms with Crippen LogP contribution in [0.1, 0.15) is 12.8 Å². The van der Waals surface area contributed by atoms with Crippen LogP contribution in [-0.2, 0) is 9.59 Å². The lowest BCUT2D eigenvalue weighted by atomic mass is 9.96. The van der Waals surface area contributed by atoms with E-state index in [4.69, 9.17) is 5.73 Å². The predicted molar refractivity (Wildman–Crippen MR) is 57.4 cm³/mol. The van der Waals surface area contributed by atoms with Crippen LogP contribution in [0.4, 0.5) is 13.2 Å². The van der Waals surface area contributed by atoms with Gasteiger partial charge in [-0.15, -0.1) is 0 Å². The van der Waals surface area contributed by atoms with Gasteiger partial charge in [-0.05, 0) is 12.8 Å². The first kappa shape index (κ1) is 14.7. The van der Waals surface area contributed by atoms with Gasteiger partial charge in [0.15, 0.2) is 0 Å². The van der Waals surface area contributed by atoms with Crippen LogP contribution in [0.3, 0.4) is 0 Å². The molecular weight excluding hydrogens is 251 g/mol. The molecule has 1 aliphatic rings. The monoisotopic (exact) mass is 267 g/mol. The van der Waals surface area contributed by atoms with E-state index in [0.29, 0.717) is 0 Å². The number of nitrogens with zero attached hydrogens (tertiary/aromatic N) is 1. The lowest BCUT2D eigenvalue weighted by molar-refractivity contribution is -0.186. The number of nitrogens with two attached hydrogens (primary N) is 1. The number of hydrogen-bond acceptors (Lipinski definition) is 3. The minimum absolute atomic E-state index is 0.0709. The van der Waals surface area contributed by atoms with Gasteiger partial charge in [0.25, 0.3) is 0 Å². The van der Waals surface area contributed by atoms with Crippen molar-refractivity contribution >= 4 is 11.8 Å². The first-order valence-electron chi connectivity index (χ1n) is 5.66. The fourth-order valence-corrected chi connectivity index (χ4v) is 1.81. The maximum atomic E-state index is 12.4. The Hall–Kier alpha value is -1.31. The second kappa shape index (κ2) is 6.03. The third-order valence-electron chi connectivity index (χ3n) is 2.93. The summed E-state index contributed by atoms with van der Waals surface area (Å²) >= 11 is 0. The Bertz CT molecular complexity index is 312. The highest BCUT2D eigenvalue weighted by molar-refractivity contribution is 5.85. The fraction of sp³-hybridized carbons (Fsp3) is 0.800. The molecule has 0 unspecified atom stereocenters. The van der Waals surface area contributed by atoms with Crippen molar-refractivity contribution in [3.05, 3.63) is 0 Å². The number of amides is 2. The standard InChI is InChI=1S/C10H16F3N3O2/c11-10(12,13)7-1-3-16(4-2-7)9(18)6-15-8(17)5-14/h7H,1-6,14H2,(H,15,17). The molecule has 0 aromatic heterocycles.